The smallest absolute Gasteiger partial charge is 0.0332 e. The van der Waals surface area contributed by atoms with Crippen LogP contribution in [-0.4, -0.2) is 29.6 Å². The molecule has 0 radical (unpaired) electrons. The van der Waals surface area contributed by atoms with Gasteiger partial charge in [-0.2, -0.15) is 0 Å². The molecule has 104 valence electrons. The third-order valence-electron chi connectivity index (χ3n) is 4.10. The van der Waals surface area contributed by atoms with Gasteiger partial charge in [0, 0.05) is 20.9 Å². The van der Waals surface area contributed by atoms with Crippen molar-refractivity contribution >= 4 is 27.3 Å². The molecule has 0 aliphatic carbocycles. The number of nitrogens with zero attached hydrogens (tertiary/aromatic N) is 1. The van der Waals surface area contributed by atoms with Crippen LogP contribution in [0.5, 0.6) is 0 Å². The van der Waals surface area contributed by atoms with Crippen molar-refractivity contribution < 1.29 is 0 Å². The maximum Gasteiger partial charge on any atom is 0.0332 e. The fourth-order valence-electron chi connectivity index (χ4n) is 2.56. The van der Waals surface area contributed by atoms with Crippen molar-refractivity contribution in [2.45, 2.75) is 52.1 Å². The molecule has 0 fully saturated rings. The van der Waals surface area contributed by atoms with Crippen LogP contribution in [0, 0.1) is 0 Å². The number of rotatable bonds is 7. The van der Waals surface area contributed by atoms with Crippen LogP contribution in [0.2, 0.25) is 0 Å². The Morgan fingerprint density at radius 2 is 2.00 bits per heavy atom. The van der Waals surface area contributed by atoms with Crippen LogP contribution in [0.15, 0.2) is 15.9 Å². The zero-order valence-corrected chi connectivity index (χ0v) is 14.3. The van der Waals surface area contributed by atoms with E-state index in [1.807, 2.05) is 0 Å². The van der Waals surface area contributed by atoms with Crippen molar-refractivity contribution in [2.24, 2.45) is 5.73 Å². The first kappa shape index (κ1) is 16.2. The van der Waals surface area contributed by atoms with Gasteiger partial charge in [-0.05, 0) is 60.2 Å². The van der Waals surface area contributed by atoms with Crippen LogP contribution in [0.1, 0.15) is 39.0 Å². The summed E-state index contributed by atoms with van der Waals surface area (Å²) < 4.78 is 1.20. The zero-order chi connectivity index (χ0) is 13.8. The normalized spacial score (nSPS) is 16.8. The maximum absolute atomic E-state index is 6.52. The Bertz CT molecular complexity index is 362. The molecule has 1 aromatic rings. The molecule has 0 aromatic carbocycles. The van der Waals surface area contributed by atoms with Crippen molar-refractivity contribution in [2.75, 3.05) is 13.1 Å². The second kappa shape index (κ2) is 7.04. The van der Waals surface area contributed by atoms with Gasteiger partial charge in [0.1, 0.15) is 0 Å². The fraction of sp³-hybridized carbons (Fsp3) is 0.714. The summed E-state index contributed by atoms with van der Waals surface area (Å²) in [6.45, 7) is 11.1. The highest BCUT2D eigenvalue weighted by molar-refractivity contribution is 9.10. The van der Waals surface area contributed by atoms with Gasteiger partial charge in [0.25, 0.3) is 0 Å². The number of hydrogen-bond acceptors (Lipinski definition) is 3. The van der Waals surface area contributed by atoms with E-state index < -0.39 is 0 Å². The van der Waals surface area contributed by atoms with Crippen molar-refractivity contribution in [3.63, 3.8) is 0 Å². The summed E-state index contributed by atoms with van der Waals surface area (Å²) >= 11 is 5.38. The van der Waals surface area contributed by atoms with E-state index in [1.54, 1.807) is 11.3 Å². The predicted octanol–water partition coefficient (Wildman–Crippen LogP) is 3.89. The monoisotopic (exact) mass is 332 g/mol. The summed E-state index contributed by atoms with van der Waals surface area (Å²) in [5, 5.41) is 2.12. The lowest BCUT2D eigenvalue weighted by Gasteiger charge is -2.44. The SMILES string of the molecule is CCN(CC)C(C)(CC)C(N)Cc1sccc1Br. The lowest BCUT2D eigenvalue weighted by molar-refractivity contribution is 0.0847. The average Bonchev–Trinajstić information content (AvgIpc) is 2.76. The van der Waals surface area contributed by atoms with Crippen LogP contribution in [-0.2, 0) is 6.42 Å². The van der Waals surface area contributed by atoms with E-state index in [0.717, 1.165) is 25.9 Å². The fourth-order valence-corrected chi connectivity index (χ4v) is 4.13. The van der Waals surface area contributed by atoms with E-state index in [2.05, 4.69) is 60.0 Å². The average molecular weight is 333 g/mol. The van der Waals surface area contributed by atoms with Gasteiger partial charge >= 0.3 is 0 Å². The molecule has 1 heterocycles. The first-order valence-electron chi connectivity index (χ1n) is 6.72. The highest BCUT2D eigenvalue weighted by Crippen LogP contribution is 2.29. The first-order valence-corrected chi connectivity index (χ1v) is 8.39. The molecule has 0 saturated carbocycles. The van der Waals surface area contributed by atoms with Gasteiger partial charge in [0.05, 0.1) is 0 Å². The predicted molar refractivity (Wildman–Crippen MR) is 85.3 cm³/mol. The molecule has 2 unspecified atom stereocenters. The lowest BCUT2D eigenvalue weighted by Crippen LogP contribution is -2.58. The van der Waals surface area contributed by atoms with Crippen molar-refractivity contribution in [3.05, 3.63) is 20.8 Å². The standard InChI is InChI=1S/C14H25BrN2S/c1-5-14(4,17(6-2)7-3)13(16)10-12-11(15)8-9-18-12/h8-9,13H,5-7,10,16H2,1-4H3. The summed E-state index contributed by atoms with van der Waals surface area (Å²) in [7, 11) is 0. The van der Waals surface area contributed by atoms with E-state index >= 15 is 0 Å². The molecule has 0 bridgehead atoms. The van der Waals surface area contributed by atoms with Crippen molar-refractivity contribution in [1.82, 2.24) is 4.90 Å². The third-order valence-corrected chi connectivity index (χ3v) is 6.05. The molecular formula is C14H25BrN2S. The molecule has 4 heteroatoms. The Labute approximate surface area is 124 Å². The van der Waals surface area contributed by atoms with Crippen molar-refractivity contribution in [3.8, 4) is 0 Å². The van der Waals surface area contributed by atoms with Gasteiger partial charge in [-0.15, -0.1) is 11.3 Å². The minimum absolute atomic E-state index is 0.0763. The molecule has 0 aliphatic heterocycles. The van der Waals surface area contributed by atoms with Gasteiger partial charge in [-0.3, -0.25) is 4.90 Å². The summed E-state index contributed by atoms with van der Waals surface area (Å²) in [6, 6.07) is 2.27. The minimum Gasteiger partial charge on any atom is -0.326 e. The summed E-state index contributed by atoms with van der Waals surface area (Å²) in [5.74, 6) is 0. The summed E-state index contributed by atoms with van der Waals surface area (Å²) in [5.41, 5.74) is 6.60. The molecule has 18 heavy (non-hydrogen) atoms. The highest BCUT2D eigenvalue weighted by Gasteiger charge is 2.35. The number of nitrogens with two attached hydrogens (primary N) is 1. The molecule has 2 atom stereocenters. The quantitative estimate of drug-likeness (QED) is 0.820. The lowest BCUT2D eigenvalue weighted by atomic mass is 9.85. The maximum atomic E-state index is 6.52. The Kier molecular flexibility index (Phi) is 6.31. The molecule has 0 saturated heterocycles. The molecular weight excluding hydrogens is 308 g/mol. The number of hydrogen-bond donors (Lipinski definition) is 1. The molecule has 1 rings (SSSR count). The molecule has 0 aliphatic rings. The Morgan fingerprint density at radius 3 is 2.39 bits per heavy atom. The van der Waals surface area contributed by atoms with Gasteiger partial charge in [0.15, 0.2) is 0 Å². The summed E-state index contributed by atoms with van der Waals surface area (Å²) in [6.07, 6.45) is 2.03. The molecule has 0 spiro atoms. The molecule has 2 nitrogen and oxygen atoms in total. The second-order valence-corrected chi connectivity index (χ2v) is 6.74. The van der Waals surface area contributed by atoms with E-state index in [9.17, 15) is 0 Å². The van der Waals surface area contributed by atoms with Crippen molar-refractivity contribution in [1.29, 1.82) is 0 Å². The van der Waals surface area contributed by atoms with E-state index in [4.69, 9.17) is 5.73 Å². The Morgan fingerprint density at radius 1 is 1.39 bits per heavy atom. The first-order chi connectivity index (χ1) is 8.49. The Balaban J connectivity index is 2.84. The largest absolute Gasteiger partial charge is 0.326 e. The van der Waals surface area contributed by atoms with Gasteiger partial charge in [0.2, 0.25) is 0 Å². The van der Waals surface area contributed by atoms with E-state index in [-0.39, 0.29) is 11.6 Å². The van der Waals surface area contributed by atoms with E-state index in [0.29, 0.717) is 0 Å². The van der Waals surface area contributed by atoms with Crippen LogP contribution in [0.25, 0.3) is 0 Å². The second-order valence-electron chi connectivity index (χ2n) is 4.89. The van der Waals surface area contributed by atoms with Crippen LogP contribution in [0.3, 0.4) is 0 Å². The van der Waals surface area contributed by atoms with Gasteiger partial charge in [-0.1, -0.05) is 20.8 Å². The number of likely N-dealkylation sites (N-methyl/N-ethyl adjacent to an activating group) is 1. The Hall–Kier alpha value is 0.100. The van der Waals surface area contributed by atoms with Crippen LogP contribution >= 0.6 is 27.3 Å². The highest BCUT2D eigenvalue weighted by atomic mass is 79.9. The third kappa shape index (κ3) is 3.35. The van der Waals surface area contributed by atoms with Gasteiger partial charge < -0.3 is 5.73 Å². The topological polar surface area (TPSA) is 29.3 Å². The molecule has 0 amide bonds. The van der Waals surface area contributed by atoms with Gasteiger partial charge in [-0.25, -0.2) is 0 Å². The summed E-state index contributed by atoms with van der Waals surface area (Å²) in [4.78, 5) is 3.84. The number of thiophene rings is 1. The van der Waals surface area contributed by atoms with Crippen LogP contribution in [0.4, 0.5) is 0 Å². The molecule has 1 aromatic heterocycles. The molecule has 2 N–H and O–H groups in total. The van der Waals surface area contributed by atoms with E-state index in [1.165, 1.54) is 9.35 Å². The van der Waals surface area contributed by atoms with Crippen LogP contribution < -0.4 is 5.73 Å². The zero-order valence-electron chi connectivity index (χ0n) is 11.9. The minimum atomic E-state index is 0.0763. The number of halogens is 1.